The molecule has 0 fully saturated rings. The van der Waals surface area contributed by atoms with Crippen molar-refractivity contribution in [1.82, 2.24) is 9.55 Å². The minimum absolute atomic E-state index is 0.123. The number of anilines is 1. The number of fused-ring (bicyclic) bond motifs is 1. The maximum absolute atomic E-state index is 12.3. The highest BCUT2D eigenvalue weighted by molar-refractivity contribution is 7.99. The standard InChI is InChI=1S/C21H23N3O4S/c1-4-24-18-11-6-14(20(26)28-5-2)12-17(18)23-21(24)29-13-19(25)22-15-7-9-16(27-3)10-8-15/h6-12H,4-5,13H2,1-3H3,(H,22,25). The van der Waals surface area contributed by atoms with E-state index in [1.54, 1.807) is 50.4 Å². The van der Waals surface area contributed by atoms with Crippen LogP contribution in [-0.4, -0.2) is 40.9 Å². The molecule has 2 aromatic carbocycles. The van der Waals surface area contributed by atoms with Gasteiger partial charge in [0.2, 0.25) is 5.91 Å². The van der Waals surface area contributed by atoms with Crippen LogP contribution in [0.4, 0.5) is 5.69 Å². The Balaban J connectivity index is 1.71. The van der Waals surface area contributed by atoms with Crippen molar-refractivity contribution in [3.63, 3.8) is 0 Å². The molecule has 0 atom stereocenters. The molecule has 0 aliphatic rings. The molecule has 0 saturated carbocycles. The quantitative estimate of drug-likeness (QED) is 0.444. The van der Waals surface area contributed by atoms with E-state index >= 15 is 0 Å². The average Bonchev–Trinajstić information content (AvgIpc) is 3.09. The molecule has 1 heterocycles. The number of ether oxygens (including phenoxy) is 2. The highest BCUT2D eigenvalue weighted by Crippen LogP contribution is 2.25. The summed E-state index contributed by atoms with van der Waals surface area (Å²) in [4.78, 5) is 28.9. The maximum Gasteiger partial charge on any atom is 0.338 e. The number of benzene rings is 2. The molecular weight excluding hydrogens is 390 g/mol. The van der Waals surface area contributed by atoms with E-state index in [0.29, 0.717) is 29.9 Å². The summed E-state index contributed by atoms with van der Waals surface area (Å²) in [5, 5.41) is 3.59. The summed E-state index contributed by atoms with van der Waals surface area (Å²) in [6, 6.07) is 12.5. The molecule has 0 bridgehead atoms. The van der Waals surface area contributed by atoms with Gasteiger partial charge in [0, 0.05) is 12.2 Å². The van der Waals surface area contributed by atoms with Gasteiger partial charge in [-0.1, -0.05) is 11.8 Å². The summed E-state index contributed by atoms with van der Waals surface area (Å²) in [6.07, 6.45) is 0. The number of aryl methyl sites for hydroxylation is 1. The molecule has 0 radical (unpaired) electrons. The number of carbonyl (C=O) groups is 2. The lowest BCUT2D eigenvalue weighted by Crippen LogP contribution is -2.14. The van der Waals surface area contributed by atoms with E-state index in [0.717, 1.165) is 16.4 Å². The number of hydrogen-bond acceptors (Lipinski definition) is 6. The lowest BCUT2D eigenvalue weighted by Gasteiger charge is -2.07. The second-order valence-electron chi connectivity index (χ2n) is 6.13. The summed E-state index contributed by atoms with van der Waals surface area (Å²) in [6.45, 7) is 4.82. The maximum atomic E-state index is 12.3. The van der Waals surface area contributed by atoms with Gasteiger partial charge in [0.25, 0.3) is 0 Å². The zero-order chi connectivity index (χ0) is 20.8. The summed E-state index contributed by atoms with van der Waals surface area (Å²) in [7, 11) is 1.60. The second-order valence-corrected chi connectivity index (χ2v) is 7.07. The van der Waals surface area contributed by atoms with Crippen LogP contribution in [0.15, 0.2) is 47.6 Å². The van der Waals surface area contributed by atoms with Crippen LogP contribution >= 0.6 is 11.8 Å². The average molecular weight is 413 g/mol. The Bertz CT molecular complexity index is 1010. The van der Waals surface area contributed by atoms with Gasteiger partial charge in [-0.3, -0.25) is 4.79 Å². The van der Waals surface area contributed by atoms with Gasteiger partial charge in [-0.05, 0) is 56.3 Å². The van der Waals surface area contributed by atoms with Crippen molar-refractivity contribution in [1.29, 1.82) is 0 Å². The number of amides is 1. The predicted molar refractivity (Wildman–Crippen MR) is 114 cm³/mol. The van der Waals surface area contributed by atoms with Crippen molar-refractivity contribution in [3.8, 4) is 5.75 Å². The van der Waals surface area contributed by atoms with Crippen molar-refractivity contribution in [3.05, 3.63) is 48.0 Å². The first-order valence-corrected chi connectivity index (χ1v) is 10.3. The van der Waals surface area contributed by atoms with E-state index in [1.165, 1.54) is 11.8 Å². The van der Waals surface area contributed by atoms with Crippen molar-refractivity contribution >= 4 is 40.4 Å². The van der Waals surface area contributed by atoms with Gasteiger partial charge in [-0.15, -0.1) is 0 Å². The Morgan fingerprint density at radius 3 is 2.55 bits per heavy atom. The Morgan fingerprint density at radius 1 is 1.14 bits per heavy atom. The summed E-state index contributed by atoms with van der Waals surface area (Å²) >= 11 is 1.36. The van der Waals surface area contributed by atoms with Crippen LogP contribution in [0.3, 0.4) is 0 Å². The van der Waals surface area contributed by atoms with Crippen LogP contribution in [0.25, 0.3) is 11.0 Å². The number of thioether (sulfide) groups is 1. The van der Waals surface area contributed by atoms with Crippen LogP contribution < -0.4 is 10.1 Å². The molecular formula is C21H23N3O4S. The van der Waals surface area contributed by atoms with Crippen molar-refractivity contribution in [2.75, 3.05) is 24.8 Å². The first-order chi connectivity index (χ1) is 14.0. The first kappa shape index (κ1) is 20.7. The molecule has 3 aromatic rings. The Hall–Kier alpha value is -3.00. The van der Waals surface area contributed by atoms with E-state index in [1.807, 2.05) is 17.6 Å². The number of carbonyl (C=O) groups excluding carboxylic acids is 2. The van der Waals surface area contributed by atoms with Crippen LogP contribution in [0.2, 0.25) is 0 Å². The first-order valence-electron chi connectivity index (χ1n) is 9.29. The Labute approximate surface area is 173 Å². The summed E-state index contributed by atoms with van der Waals surface area (Å²) in [5.41, 5.74) is 2.79. The minimum Gasteiger partial charge on any atom is -0.497 e. The highest BCUT2D eigenvalue weighted by atomic mass is 32.2. The largest absolute Gasteiger partial charge is 0.497 e. The van der Waals surface area contributed by atoms with E-state index in [-0.39, 0.29) is 17.6 Å². The van der Waals surface area contributed by atoms with Gasteiger partial charge < -0.3 is 19.4 Å². The number of nitrogens with one attached hydrogen (secondary N) is 1. The molecule has 0 aliphatic heterocycles. The van der Waals surface area contributed by atoms with Gasteiger partial charge >= 0.3 is 5.97 Å². The molecule has 0 unspecified atom stereocenters. The lowest BCUT2D eigenvalue weighted by atomic mass is 10.2. The van der Waals surface area contributed by atoms with Gasteiger partial charge in [0.1, 0.15) is 5.75 Å². The third-order valence-corrected chi connectivity index (χ3v) is 5.22. The molecule has 29 heavy (non-hydrogen) atoms. The molecule has 8 heteroatoms. The Kier molecular flexibility index (Phi) is 6.77. The molecule has 152 valence electrons. The fourth-order valence-corrected chi connectivity index (χ4v) is 3.74. The normalized spacial score (nSPS) is 10.7. The molecule has 7 nitrogen and oxygen atoms in total. The third-order valence-electron chi connectivity index (χ3n) is 4.25. The highest BCUT2D eigenvalue weighted by Gasteiger charge is 2.15. The number of imidazole rings is 1. The number of nitrogens with zero attached hydrogens (tertiary/aromatic N) is 2. The molecule has 0 saturated heterocycles. The van der Waals surface area contributed by atoms with Crippen LogP contribution in [0, 0.1) is 0 Å². The minimum atomic E-state index is -0.367. The van der Waals surface area contributed by atoms with Crippen LogP contribution in [0.5, 0.6) is 5.75 Å². The number of hydrogen-bond donors (Lipinski definition) is 1. The molecule has 0 spiro atoms. The summed E-state index contributed by atoms with van der Waals surface area (Å²) in [5.74, 6) is 0.465. The molecule has 1 N–H and O–H groups in total. The van der Waals surface area contributed by atoms with Gasteiger partial charge in [-0.25, -0.2) is 9.78 Å². The Morgan fingerprint density at radius 2 is 1.90 bits per heavy atom. The van der Waals surface area contributed by atoms with E-state index in [4.69, 9.17) is 9.47 Å². The van der Waals surface area contributed by atoms with Gasteiger partial charge in [-0.2, -0.15) is 0 Å². The summed E-state index contributed by atoms with van der Waals surface area (Å²) < 4.78 is 12.2. The van der Waals surface area contributed by atoms with Gasteiger partial charge in [0.15, 0.2) is 5.16 Å². The van der Waals surface area contributed by atoms with Crippen molar-refractivity contribution < 1.29 is 19.1 Å². The fraction of sp³-hybridized carbons (Fsp3) is 0.286. The third kappa shape index (κ3) is 4.89. The molecule has 3 rings (SSSR count). The molecule has 0 aliphatic carbocycles. The van der Waals surface area contributed by atoms with Gasteiger partial charge in [0.05, 0.1) is 36.1 Å². The monoisotopic (exact) mass is 413 g/mol. The smallest absolute Gasteiger partial charge is 0.338 e. The number of rotatable bonds is 8. The number of esters is 1. The second kappa shape index (κ2) is 9.47. The van der Waals surface area contributed by atoms with E-state index < -0.39 is 0 Å². The van der Waals surface area contributed by atoms with Crippen molar-refractivity contribution in [2.45, 2.75) is 25.5 Å². The SMILES string of the molecule is CCOC(=O)c1ccc2c(c1)nc(SCC(=O)Nc1ccc(OC)cc1)n2CC. The molecule has 1 aromatic heterocycles. The number of aromatic nitrogens is 2. The topological polar surface area (TPSA) is 82.4 Å². The number of methoxy groups -OCH3 is 1. The zero-order valence-corrected chi connectivity index (χ0v) is 17.4. The van der Waals surface area contributed by atoms with E-state index in [9.17, 15) is 9.59 Å². The molecule has 1 amide bonds. The van der Waals surface area contributed by atoms with Crippen molar-refractivity contribution in [2.24, 2.45) is 0 Å². The van der Waals surface area contributed by atoms with E-state index in [2.05, 4.69) is 10.3 Å². The predicted octanol–water partition coefficient (Wildman–Crippen LogP) is 3.97. The lowest BCUT2D eigenvalue weighted by molar-refractivity contribution is -0.113. The fourth-order valence-electron chi connectivity index (χ4n) is 2.87. The van der Waals surface area contributed by atoms with Crippen LogP contribution in [-0.2, 0) is 16.1 Å². The van der Waals surface area contributed by atoms with Crippen LogP contribution in [0.1, 0.15) is 24.2 Å². The zero-order valence-electron chi connectivity index (χ0n) is 16.6.